The first-order valence-corrected chi connectivity index (χ1v) is 12.3. The minimum Gasteiger partial charge on any atom is -0.480 e. The van der Waals surface area contributed by atoms with Gasteiger partial charge in [0.1, 0.15) is 18.1 Å². The van der Waals surface area contributed by atoms with Crippen molar-refractivity contribution < 1.29 is 29.1 Å². The molecule has 0 spiro atoms. The number of nitrogens with one attached hydrogen (secondary N) is 2. The molecule has 0 bridgehead atoms. The summed E-state index contributed by atoms with van der Waals surface area (Å²) in [7, 11) is 0. The lowest BCUT2D eigenvalue weighted by Gasteiger charge is -2.29. The molecule has 0 aliphatic carbocycles. The molecule has 5 atom stereocenters. The molecule has 7 N–H and O–H groups in total. The number of carboxylic acids is 1. The van der Waals surface area contributed by atoms with Gasteiger partial charge in [-0.25, -0.2) is 4.79 Å². The van der Waals surface area contributed by atoms with Crippen LogP contribution in [0.4, 0.5) is 0 Å². The van der Waals surface area contributed by atoms with Crippen LogP contribution in [0.1, 0.15) is 51.5 Å². The van der Waals surface area contributed by atoms with Crippen molar-refractivity contribution in [3.05, 3.63) is 35.9 Å². The molecule has 1 saturated heterocycles. The van der Waals surface area contributed by atoms with Crippen molar-refractivity contribution in [3.63, 3.8) is 0 Å². The quantitative estimate of drug-likeness (QED) is 0.249. The smallest absolute Gasteiger partial charge is 0.326 e. The monoisotopic (exact) mass is 503 g/mol. The summed E-state index contributed by atoms with van der Waals surface area (Å²) in [6, 6.07) is 5.08. The molecule has 0 aromatic heterocycles. The van der Waals surface area contributed by atoms with E-state index in [0.717, 1.165) is 5.56 Å². The van der Waals surface area contributed by atoms with Crippen LogP contribution in [-0.4, -0.2) is 70.3 Å². The Balaban J connectivity index is 2.18. The molecule has 0 saturated carbocycles. The van der Waals surface area contributed by atoms with E-state index in [0.29, 0.717) is 25.8 Å². The maximum Gasteiger partial charge on any atom is 0.326 e. The van der Waals surface area contributed by atoms with Crippen molar-refractivity contribution in [2.45, 2.75) is 76.5 Å². The molecule has 1 aliphatic heterocycles. The lowest BCUT2D eigenvalue weighted by molar-refractivity contribution is -0.144. The number of nitrogens with zero attached hydrogens (tertiary/aromatic N) is 1. The van der Waals surface area contributed by atoms with Crippen molar-refractivity contribution in [2.24, 2.45) is 17.4 Å². The van der Waals surface area contributed by atoms with Gasteiger partial charge in [0.25, 0.3) is 0 Å². The second-order valence-corrected chi connectivity index (χ2v) is 9.26. The fraction of sp³-hybridized carbons (Fsp3) is 0.560. The van der Waals surface area contributed by atoms with E-state index in [1.165, 1.54) is 4.90 Å². The first kappa shape index (κ1) is 28.8. The zero-order valence-corrected chi connectivity index (χ0v) is 20.8. The Morgan fingerprint density at radius 1 is 1.14 bits per heavy atom. The molecule has 11 nitrogen and oxygen atoms in total. The highest BCUT2D eigenvalue weighted by Crippen LogP contribution is 2.20. The Morgan fingerprint density at radius 2 is 1.81 bits per heavy atom. The van der Waals surface area contributed by atoms with Crippen LogP contribution in [0.3, 0.4) is 0 Å². The van der Waals surface area contributed by atoms with Gasteiger partial charge >= 0.3 is 5.97 Å². The van der Waals surface area contributed by atoms with Crippen molar-refractivity contribution in [2.75, 3.05) is 6.54 Å². The molecule has 5 unspecified atom stereocenters. The molecule has 1 aliphatic rings. The maximum atomic E-state index is 13.2. The van der Waals surface area contributed by atoms with Gasteiger partial charge in [0.2, 0.25) is 23.6 Å². The molecule has 1 aromatic carbocycles. The average Bonchev–Trinajstić information content (AvgIpc) is 3.34. The summed E-state index contributed by atoms with van der Waals surface area (Å²) < 4.78 is 0. The first-order valence-electron chi connectivity index (χ1n) is 12.3. The summed E-state index contributed by atoms with van der Waals surface area (Å²) in [5, 5.41) is 14.9. The van der Waals surface area contributed by atoms with E-state index in [1.807, 2.05) is 13.0 Å². The van der Waals surface area contributed by atoms with E-state index in [9.17, 15) is 29.1 Å². The SMILES string of the molecule is CCC(C)C(NC(=O)C(Cc1ccccc1)NC(=O)C1CCCN1C(=O)C(N)CCC(N)=O)C(=O)O. The van der Waals surface area contributed by atoms with Crippen LogP contribution in [0.5, 0.6) is 0 Å². The minimum atomic E-state index is -1.15. The number of carboxylic acid groups (broad SMARTS) is 1. The van der Waals surface area contributed by atoms with Gasteiger partial charge in [-0.2, -0.15) is 0 Å². The summed E-state index contributed by atoms with van der Waals surface area (Å²) in [4.78, 5) is 63.4. The average molecular weight is 504 g/mol. The van der Waals surface area contributed by atoms with Crippen LogP contribution in [0.25, 0.3) is 0 Å². The van der Waals surface area contributed by atoms with Crippen molar-refractivity contribution in [1.82, 2.24) is 15.5 Å². The zero-order valence-electron chi connectivity index (χ0n) is 20.8. The number of benzene rings is 1. The fourth-order valence-electron chi connectivity index (χ4n) is 4.20. The summed E-state index contributed by atoms with van der Waals surface area (Å²) in [5.74, 6) is -3.63. The maximum absolute atomic E-state index is 13.2. The molecule has 2 rings (SSSR count). The molecule has 1 aromatic rings. The molecule has 0 radical (unpaired) electrons. The predicted molar refractivity (Wildman–Crippen MR) is 132 cm³/mol. The number of carbonyl (C=O) groups is 5. The first-order chi connectivity index (χ1) is 17.0. The van der Waals surface area contributed by atoms with Gasteiger partial charge in [-0.3, -0.25) is 19.2 Å². The van der Waals surface area contributed by atoms with E-state index < -0.39 is 53.8 Å². The van der Waals surface area contributed by atoms with Crippen molar-refractivity contribution in [3.8, 4) is 0 Å². The Kier molecular flexibility index (Phi) is 10.8. The van der Waals surface area contributed by atoms with Gasteiger partial charge in [0.05, 0.1) is 6.04 Å². The number of hydrogen-bond acceptors (Lipinski definition) is 6. The third kappa shape index (κ3) is 8.04. The Bertz CT molecular complexity index is 940. The summed E-state index contributed by atoms with van der Waals surface area (Å²) in [6.07, 6.45) is 1.69. The lowest BCUT2D eigenvalue weighted by Crippen LogP contribution is -2.57. The molecule has 198 valence electrons. The van der Waals surface area contributed by atoms with E-state index in [-0.39, 0.29) is 25.2 Å². The Hall–Kier alpha value is -3.47. The minimum absolute atomic E-state index is 0.0438. The van der Waals surface area contributed by atoms with Crippen LogP contribution in [-0.2, 0) is 30.4 Å². The van der Waals surface area contributed by atoms with Gasteiger partial charge < -0.3 is 32.1 Å². The zero-order chi connectivity index (χ0) is 26.8. The molecular weight excluding hydrogens is 466 g/mol. The van der Waals surface area contributed by atoms with E-state index in [4.69, 9.17) is 11.5 Å². The Morgan fingerprint density at radius 3 is 2.39 bits per heavy atom. The van der Waals surface area contributed by atoms with Gasteiger partial charge in [-0.15, -0.1) is 0 Å². The van der Waals surface area contributed by atoms with Gasteiger partial charge in [0.15, 0.2) is 0 Å². The highest BCUT2D eigenvalue weighted by molar-refractivity contribution is 5.94. The number of rotatable bonds is 13. The highest BCUT2D eigenvalue weighted by atomic mass is 16.4. The fourth-order valence-corrected chi connectivity index (χ4v) is 4.20. The molecule has 36 heavy (non-hydrogen) atoms. The number of likely N-dealkylation sites (tertiary alicyclic amines) is 1. The predicted octanol–water partition coefficient (Wildman–Crippen LogP) is -0.0868. The second-order valence-electron chi connectivity index (χ2n) is 9.26. The Labute approximate surface area is 211 Å². The van der Waals surface area contributed by atoms with Crippen LogP contribution >= 0.6 is 0 Å². The van der Waals surface area contributed by atoms with Gasteiger partial charge in [0, 0.05) is 19.4 Å². The summed E-state index contributed by atoms with van der Waals surface area (Å²) in [5.41, 5.74) is 11.9. The number of hydrogen-bond donors (Lipinski definition) is 5. The summed E-state index contributed by atoms with van der Waals surface area (Å²) >= 11 is 0. The van der Waals surface area contributed by atoms with Crippen LogP contribution in [0.15, 0.2) is 30.3 Å². The topological polar surface area (TPSA) is 185 Å². The number of aliphatic carboxylic acids is 1. The molecule has 1 heterocycles. The second kappa shape index (κ2) is 13.6. The number of primary amides is 1. The third-order valence-corrected chi connectivity index (χ3v) is 6.55. The normalized spacial score (nSPS) is 18.5. The highest BCUT2D eigenvalue weighted by Gasteiger charge is 2.38. The molecule has 4 amide bonds. The number of nitrogens with two attached hydrogens (primary N) is 2. The lowest BCUT2D eigenvalue weighted by atomic mass is 9.98. The third-order valence-electron chi connectivity index (χ3n) is 6.55. The van der Waals surface area contributed by atoms with Crippen LogP contribution < -0.4 is 22.1 Å². The number of carbonyl (C=O) groups excluding carboxylic acids is 4. The van der Waals surface area contributed by atoms with E-state index in [1.54, 1.807) is 31.2 Å². The molecule has 1 fully saturated rings. The van der Waals surface area contributed by atoms with Crippen molar-refractivity contribution in [1.29, 1.82) is 0 Å². The van der Waals surface area contributed by atoms with Gasteiger partial charge in [-0.05, 0) is 30.7 Å². The summed E-state index contributed by atoms with van der Waals surface area (Å²) in [6.45, 7) is 3.88. The van der Waals surface area contributed by atoms with Gasteiger partial charge in [-0.1, -0.05) is 50.6 Å². The van der Waals surface area contributed by atoms with E-state index >= 15 is 0 Å². The number of amides is 4. The van der Waals surface area contributed by atoms with Crippen molar-refractivity contribution >= 4 is 29.6 Å². The van der Waals surface area contributed by atoms with E-state index in [2.05, 4.69) is 10.6 Å². The molecule has 11 heteroatoms. The van der Waals surface area contributed by atoms with Crippen LogP contribution in [0, 0.1) is 5.92 Å². The largest absolute Gasteiger partial charge is 0.480 e. The standard InChI is InChI=1S/C25H37N5O6/c1-3-15(2)21(25(35)36)29-22(32)18(14-16-8-5-4-6-9-16)28-23(33)19-10-7-13-30(19)24(34)17(26)11-12-20(27)31/h4-6,8-9,15,17-19,21H,3,7,10-14,26H2,1-2H3,(H2,27,31)(H,28,33)(H,29,32)(H,35,36). The van der Waals surface area contributed by atoms with Crippen LogP contribution in [0.2, 0.25) is 0 Å². The molecular formula is C25H37N5O6.